The van der Waals surface area contributed by atoms with Gasteiger partial charge in [-0.05, 0) is 32.0 Å². The third kappa shape index (κ3) is 3.25. The second kappa shape index (κ2) is 5.58. The molecule has 0 radical (unpaired) electrons. The highest BCUT2D eigenvalue weighted by Gasteiger charge is 2.23. The molecule has 0 aromatic carbocycles. The molecule has 2 atom stereocenters. The molecule has 0 spiro atoms. The predicted molar refractivity (Wildman–Crippen MR) is 54.8 cm³/mol. The third-order valence-corrected chi connectivity index (χ3v) is 2.98. The van der Waals surface area contributed by atoms with E-state index in [0.29, 0.717) is 5.92 Å². The molecule has 1 fully saturated rings. The summed E-state index contributed by atoms with van der Waals surface area (Å²) < 4.78 is 0. The standard InChI is InChI=1S/C10H22N2O/c1-3-12(4-2)8-10(13)9-5-6-11-7-9/h9-11,13H,3-8H2,1-2H3. The summed E-state index contributed by atoms with van der Waals surface area (Å²) in [5, 5.41) is 13.2. The Hall–Kier alpha value is -0.120. The Morgan fingerprint density at radius 2 is 2.15 bits per heavy atom. The fourth-order valence-electron chi connectivity index (χ4n) is 1.90. The first-order chi connectivity index (χ1) is 6.27. The first kappa shape index (κ1) is 11.0. The van der Waals surface area contributed by atoms with Crippen molar-refractivity contribution in [2.45, 2.75) is 26.4 Å². The van der Waals surface area contributed by atoms with Crippen LogP contribution in [0.5, 0.6) is 0 Å². The lowest BCUT2D eigenvalue weighted by Crippen LogP contribution is -2.37. The van der Waals surface area contributed by atoms with Gasteiger partial charge in [0.2, 0.25) is 0 Å². The summed E-state index contributed by atoms with van der Waals surface area (Å²) in [6, 6.07) is 0. The summed E-state index contributed by atoms with van der Waals surface area (Å²) in [6.45, 7) is 9.25. The molecular formula is C10H22N2O. The van der Waals surface area contributed by atoms with Gasteiger partial charge in [0.15, 0.2) is 0 Å². The van der Waals surface area contributed by atoms with E-state index in [1.807, 2.05) is 0 Å². The summed E-state index contributed by atoms with van der Waals surface area (Å²) in [6.07, 6.45) is 0.984. The maximum atomic E-state index is 9.90. The summed E-state index contributed by atoms with van der Waals surface area (Å²) in [7, 11) is 0. The molecule has 0 aromatic rings. The van der Waals surface area contributed by atoms with Crippen LogP contribution in [0.1, 0.15) is 20.3 Å². The monoisotopic (exact) mass is 186 g/mol. The summed E-state index contributed by atoms with van der Waals surface area (Å²) in [5.41, 5.74) is 0. The quantitative estimate of drug-likeness (QED) is 0.648. The molecule has 0 bridgehead atoms. The lowest BCUT2D eigenvalue weighted by Gasteiger charge is -2.25. The van der Waals surface area contributed by atoms with E-state index in [0.717, 1.165) is 39.1 Å². The second-order valence-corrected chi connectivity index (χ2v) is 3.81. The Bertz CT molecular complexity index is 131. The van der Waals surface area contributed by atoms with Crippen LogP contribution in [0, 0.1) is 5.92 Å². The normalized spacial score (nSPS) is 25.4. The van der Waals surface area contributed by atoms with Crippen LogP contribution in [0.25, 0.3) is 0 Å². The Kier molecular flexibility index (Phi) is 4.70. The molecule has 78 valence electrons. The smallest absolute Gasteiger partial charge is 0.0707 e. The van der Waals surface area contributed by atoms with Crippen molar-refractivity contribution in [3.8, 4) is 0 Å². The van der Waals surface area contributed by atoms with Crippen molar-refractivity contribution < 1.29 is 5.11 Å². The number of hydrogen-bond acceptors (Lipinski definition) is 3. The summed E-state index contributed by atoms with van der Waals surface area (Å²) in [4.78, 5) is 2.28. The zero-order valence-electron chi connectivity index (χ0n) is 8.79. The molecule has 1 heterocycles. The number of nitrogens with zero attached hydrogens (tertiary/aromatic N) is 1. The first-order valence-corrected chi connectivity index (χ1v) is 5.39. The number of likely N-dealkylation sites (N-methyl/N-ethyl adjacent to an activating group) is 1. The van der Waals surface area contributed by atoms with Crippen molar-refractivity contribution in [3.05, 3.63) is 0 Å². The van der Waals surface area contributed by atoms with Crippen LogP contribution in [0.4, 0.5) is 0 Å². The minimum atomic E-state index is -0.144. The van der Waals surface area contributed by atoms with E-state index in [-0.39, 0.29) is 6.10 Å². The SMILES string of the molecule is CCN(CC)CC(O)C1CCNC1. The number of nitrogens with one attached hydrogen (secondary N) is 1. The Balaban J connectivity index is 2.25. The largest absolute Gasteiger partial charge is 0.391 e. The van der Waals surface area contributed by atoms with Gasteiger partial charge in [-0.25, -0.2) is 0 Å². The van der Waals surface area contributed by atoms with Crippen molar-refractivity contribution in [1.82, 2.24) is 10.2 Å². The fraction of sp³-hybridized carbons (Fsp3) is 1.00. The molecule has 1 rings (SSSR count). The molecule has 13 heavy (non-hydrogen) atoms. The van der Waals surface area contributed by atoms with Gasteiger partial charge < -0.3 is 15.3 Å². The van der Waals surface area contributed by atoms with E-state index in [2.05, 4.69) is 24.1 Å². The Morgan fingerprint density at radius 3 is 2.62 bits per heavy atom. The van der Waals surface area contributed by atoms with Crippen molar-refractivity contribution in [1.29, 1.82) is 0 Å². The van der Waals surface area contributed by atoms with Gasteiger partial charge in [-0.1, -0.05) is 13.8 Å². The van der Waals surface area contributed by atoms with Gasteiger partial charge in [-0.2, -0.15) is 0 Å². The highest BCUT2D eigenvalue weighted by molar-refractivity contribution is 4.79. The predicted octanol–water partition coefficient (Wildman–Crippen LogP) is 0.299. The van der Waals surface area contributed by atoms with Gasteiger partial charge in [-0.3, -0.25) is 0 Å². The molecule has 3 nitrogen and oxygen atoms in total. The van der Waals surface area contributed by atoms with Gasteiger partial charge in [0, 0.05) is 13.1 Å². The van der Waals surface area contributed by atoms with Crippen molar-refractivity contribution in [3.63, 3.8) is 0 Å². The van der Waals surface area contributed by atoms with Crippen LogP contribution in [0.15, 0.2) is 0 Å². The van der Waals surface area contributed by atoms with Crippen LogP contribution >= 0.6 is 0 Å². The number of hydrogen-bond donors (Lipinski definition) is 2. The average molecular weight is 186 g/mol. The van der Waals surface area contributed by atoms with E-state index in [1.54, 1.807) is 0 Å². The maximum absolute atomic E-state index is 9.90. The lowest BCUT2D eigenvalue weighted by molar-refractivity contribution is 0.0742. The Labute approximate surface area is 81.1 Å². The number of aliphatic hydroxyl groups is 1. The molecular weight excluding hydrogens is 164 g/mol. The maximum Gasteiger partial charge on any atom is 0.0707 e. The highest BCUT2D eigenvalue weighted by Crippen LogP contribution is 2.13. The minimum absolute atomic E-state index is 0.144. The lowest BCUT2D eigenvalue weighted by atomic mass is 10.0. The minimum Gasteiger partial charge on any atom is -0.391 e. The molecule has 3 heteroatoms. The van der Waals surface area contributed by atoms with Gasteiger partial charge >= 0.3 is 0 Å². The van der Waals surface area contributed by atoms with Crippen LogP contribution in [0.2, 0.25) is 0 Å². The van der Waals surface area contributed by atoms with Gasteiger partial charge in [0.25, 0.3) is 0 Å². The summed E-state index contributed by atoms with van der Waals surface area (Å²) >= 11 is 0. The molecule has 1 saturated heterocycles. The van der Waals surface area contributed by atoms with E-state index in [4.69, 9.17) is 0 Å². The molecule has 0 aliphatic carbocycles. The number of rotatable bonds is 5. The van der Waals surface area contributed by atoms with Crippen LogP contribution < -0.4 is 5.32 Å². The van der Waals surface area contributed by atoms with E-state index >= 15 is 0 Å². The van der Waals surface area contributed by atoms with Gasteiger partial charge in [0.05, 0.1) is 6.10 Å². The van der Waals surface area contributed by atoms with Crippen molar-refractivity contribution in [2.75, 3.05) is 32.7 Å². The average Bonchev–Trinajstić information content (AvgIpc) is 2.66. The van der Waals surface area contributed by atoms with Crippen LogP contribution in [0.3, 0.4) is 0 Å². The zero-order valence-corrected chi connectivity index (χ0v) is 8.79. The molecule has 2 N–H and O–H groups in total. The molecule has 0 aromatic heterocycles. The zero-order chi connectivity index (χ0) is 9.68. The van der Waals surface area contributed by atoms with Crippen LogP contribution in [-0.4, -0.2) is 48.8 Å². The van der Waals surface area contributed by atoms with Gasteiger partial charge in [0.1, 0.15) is 0 Å². The molecule has 1 aliphatic heterocycles. The topological polar surface area (TPSA) is 35.5 Å². The summed E-state index contributed by atoms with van der Waals surface area (Å²) in [5.74, 6) is 0.473. The molecule has 2 unspecified atom stereocenters. The molecule has 0 saturated carbocycles. The third-order valence-electron chi connectivity index (χ3n) is 2.98. The van der Waals surface area contributed by atoms with Crippen molar-refractivity contribution >= 4 is 0 Å². The molecule has 1 aliphatic rings. The fourth-order valence-corrected chi connectivity index (χ4v) is 1.90. The van der Waals surface area contributed by atoms with Crippen molar-refractivity contribution in [2.24, 2.45) is 5.92 Å². The first-order valence-electron chi connectivity index (χ1n) is 5.39. The van der Waals surface area contributed by atoms with E-state index in [9.17, 15) is 5.11 Å². The number of aliphatic hydroxyl groups excluding tert-OH is 1. The molecule has 0 amide bonds. The van der Waals surface area contributed by atoms with E-state index < -0.39 is 0 Å². The van der Waals surface area contributed by atoms with Gasteiger partial charge in [-0.15, -0.1) is 0 Å². The Morgan fingerprint density at radius 1 is 1.46 bits per heavy atom. The highest BCUT2D eigenvalue weighted by atomic mass is 16.3. The van der Waals surface area contributed by atoms with Crippen LogP contribution in [-0.2, 0) is 0 Å². The second-order valence-electron chi connectivity index (χ2n) is 3.81. The van der Waals surface area contributed by atoms with E-state index in [1.165, 1.54) is 0 Å².